The molecule has 3 rings (SSSR count). The Morgan fingerprint density at radius 1 is 1.17 bits per heavy atom. The van der Waals surface area contributed by atoms with Gasteiger partial charge in [-0.1, -0.05) is 13.0 Å². The summed E-state index contributed by atoms with van der Waals surface area (Å²) in [7, 11) is 0. The van der Waals surface area contributed by atoms with Crippen LogP contribution in [0.3, 0.4) is 0 Å². The van der Waals surface area contributed by atoms with Crippen LogP contribution in [-0.4, -0.2) is 16.1 Å². The minimum atomic E-state index is -4.58. The number of nitrogens with zero attached hydrogens (tertiary/aromatic N) is 1. The van der Waals surface area contributed by atoms with Crippen molar-refractivity contribution in [3.05, 3.63) is 77.2 Å². The van der Waals surface area contributed by atoms with Gasteiger partial charge in [0, 0.05) is 16.7 Å². The molecule has 0 aliphatic heterocycles. The first kappa shape index (κ1) is 21.6. The number of aromatic carboxylic acids is 1. The lowest BCUT2D eigenvalue weighted by Gasteiger charge is -2.16. The molecule has 0 saturated carbocycles. The average molecular weight is 436 g/mol. The summed E-state index contributed by atoms with van der Waals surface area (Å²) in [4.78, 5) is 15.7. The molecular formula is C21H16F4N2O2S. The number of rotatable bonds is 6. The average Bonchev–Trinajstić information content (AvgIpc) is 2.71. The van der Waals surface area contributed by atoms with Gasteiger partial charge in [0.05, 0.1) is 16.8 Å². The molecule has 2 N–H and O–H groups in total. The number of carbonyl (C=O) groups is 1. The van der Waals surface area contributed by atoms with E-state index in [1.165, 1.54) is 30.5 Å². The van der Waals surface area contributed by atoms with Crippen LogP contribution < -0.4 is 4.72 Å². The minimum absolute atomic E-state index is 0.00945. The molecule has 0 atom stereocenters. The molecule has 156 valence electrons. The van der Waals surface area contributed by atoms with Crippen LogP contribution in [0.2, 0.25) is 0 Å². The van der Waals surface area contributed by atoms with E-state index >= 15 is 0 Å². The summed E-state index contributed by atoms with van der Waals surface area (Å²) in [5.74, 6) is -1.79. The van der Waals surface area contributed by atoms with E-state index in [1.807, 2.05) is 6.92 Å². The molecule has 0 radical (unpaired) electrons. The lowest BCUT2D eigenvalue weighted by molar-refractivity contribution is -0.137. The summed E-state index contributed by atoms with van der Waals surface area (Å²) in [5.41, 5.74) is 0.0350. The van der Waals surface area contributed by atoms with E-state index in [0.29, 0.717) is 11.3 Å². The van der Waals surface area contributed by atoms with Gasteiger partial charge in [-0.15, -0.1) is 0 Å². The van der Waals surface area contributed by atoms with Gasteiger partial charge < -0.3 is 9.83 Å². The highest BCUT2D eigenvalue weighted by Gasteiger charge is 2.31. The smallest absolute Gasteiger partial charge is 0.416 e. The standard InChI is InChI=1S/C21H16F4N2O2S/c1-2-12-5-6-13(20(28)29)10-18(12)30-27-17-11-14(21(23,24)25)7-8-15(17)19-16(22)4-3-9-26-19/h3-11,27H,2H2,1H3,(H,28,29). The molecule has 9 heteroatoms. The van der Waals surface area contributed by atoms with E-state index < -0.39 is 23.5 Å². The molecule has 0 spiro atoms. The summed E-state index contributed by atoms with van der Waals surface area (Å²) in [5, 5.41) is 9.20. The van der Waals surface area contributed by atoms with Crippen molar-refractivity contribution < 1.29 is 27.5 Å². The zero-order valence-corrected chi connectivity index (χ0v) is 16.4. The molecule has 30 heavy (non-hydrogen) atoms. The Hall–Kier alpha value is -3.07. The van der Waals surface area contributed by atoms with Gasteiger partial charge in [-0.05, 0) is 66.4 Å². The van der Waals surface area contributed by atoms with Gasteiger partial charge in [0.25, 0.3) is 0 Å². The highest BCUT2D eigenvalue weighted by molar-refractivity contribution is 8.00. The van der Waals surface area contributed by atoms with Crippen LogP contribution in [0.5, 0.6) is 0 Å². The molecule has 1 heterocycles. The van der Waals surface area contributed by atoms with Crippen molar-refractivity contribution in [2.75, 3.05) is 4.72 Å². The summed E-state index contributed by atoms with van der Waals surface area (Å²) >= 11 is 0.959. The molecule has 1 aromatic heterocycles. The van der Waals surface area contributed by atoms with E-state index in [4.69, 9.17) is 0 Å². The maximum absolute atomic E-state index is 14.2. The van der Waals surface area contributed by atoms with Crippen LogP contribution in [0, 0.1) is 5.82 Å². The second-order valence-corrected chi connectivity index (χ2v) is 7.13. The molecule has 2 aromatic carbocycles. The Bertz CT molecular complexity index is 1090. The highest BCUT2D eigenvalue weighted by Crippen LogP contribution is 2.38. The van der Waals surface area contributed by atoms with Gasteiger partial charge in [-0.2, -0.15) is 13.2 Å². The van der Waals surface area contributed by atoms with E-state index in [-0.39, 0.29) is 22.5 Å². The zero-order chi connectivity index (χ0) is 21.9. The number of anilines is 1. The number of carboxylic acids is 1. The SMILES string of the molecule is CCc1ccc(C(=O)O)cc1SNc1cc(C(F)(F)F)ccc1-c1ncccc1F. The number of benzene rings is 2. The van der Waals surface area contributed by atoms with Gasteiger partial charge in [-0.25, -0.2) is 9.18 Å². The Morgan fingerprint density at radius 2 is 1.93 bits per heavy atom. The summed E-state index contributed by atoms with van der Waals surface area (Å²) in [6, 6.07) is 10.0. The number of aryl methyl sites for hydroxylation is 1. The Balaban J connectivity index is 2.03. The van der Waals surface area contributed by atoms with Crippen LogP contribution in [0.1, 0.15) is 28.4 Å². The van der Waals surface area contributed by atoms with Crippen LogP contribution in [0.25, 0.3) is 11.3 Å². The van der Waals surface area contributed by atoms with Crippen molar-refractivity contribution in [3.8, 4) is 11.3 Å². The van der Waals surface area contributed by atoms with E-state index in [1.54, 1.807) is 6.07 Å². The third kappa shape index (κ3) is 4.73. The first-order valence-electron chi connectivity index (χ1n) is 8.82. The first-order valence-corrected chi connectivity index (χ1v) is 9.63. The number of pyridine rings is 1. The zero-order valence-electron chi connectivity index (χ0n) is 15.6. The van der Waals surface area contributed by atoms with Gasteiger partial charge in [-0.3, -0.25) is 4.98 Å². The molecule has 0 saturated heterocycles. The number of hydrogen-bond donors (Lipinski definition) is 2. The lowest BCUT2D eigenvalue weighted by atomic mass is 10.1. The number of halogens is 4. The monoisotopic (exact) mass is 436 g/mol. The number of alkyl halides is 3. The molecule has 4 nitrogen and oxygen atoms in total. The number of aromatic nitrogens is 1. The van der Waals surface area contributed by atoms with Crippen molar-refractivity contribution in [2.45, 2.75) is 24.4 Å². The normalized spacial score (nSPS) is 11.4. The summed E-state index contributed by atoms with van der Waals surface area (Å²) in [6.07, 6.45) is -2.65. The summed E-state index contributed by atoms with van der Waals surface area (Å²) in [6.45, 7) is 1.87. The van der Waals surface area contributed by atoms with Crippen LogP contribution in [0.15, 0.2) is 59.6 Å². The van der Waals surface area contributed by atoms with Crippen molar-refractivity contribution in [1.82, 2.24) is 4.98 Å². The van der Waals surface area contributed by atoms with Crippen LogP contribution in [0.4, 0.5) is 23.2 Å². The number of hydrogen-bond acceptors (Lipinski definition) is 4. The molecule has 0 unspecified atom stereocenters. The number of carboxylic acid groups (broad SMARTS) is 1. The Morgan fingerprint density at radius 3 is 2.57 bits per heavy atom. The van der Waals surface area contributed by atoms with Crippen LogP contribution >= 0.6 is 11.9 Å². The number of nitrogens with one attached hydrogen (secondary N) is 1. The van der Waals surface area contributed by atoms with Gasteiger partial charge in [0.1, 0.15) is 11.5 Å². The fourth-order valence-electron chi connectivity index (χ4n) is 2.78. The molecule has 0 amide bonds. The maximum atomic E-state index is 14.2. The topological polar surface area (TPSA) is 62.2 Å². The van der Waals surface area contributed by atoms with E-state index in [2.05, 4.69) is 9.71 Å². The maximum Gasteiger partial charge on any atom is 0.416 e. The first-order chi connectivity index (χ1) is 14.2. The molecule has 0 aliphatic carbocycles. The van der Waals surface area contributed by atoms with E-state index in [0.717, 1.165) is 35.7 Å². The second kappa shape index (κ2) is 8.74. The van der Waals surface area contributed by atoms with Gasteiger partial charge in [0.2, 0.25) is 0 Å². The van der Waals surface area contributed by atoms with Gasteiger partial charge >= 0.3 is 12.1 Å². The fraction of sp³-hybridized carbons (Fsp3) is 0.143. The molecule has 0 fully saturated rings. The molecule has 0 bridgehead atoms. The molecule has 0 aliphatic rings. The van der Waals surface area contributed by atoms with E-state index in [9.17, 15) is 27.5 Å². The predicted molar refractivity (Wildman–Crippen MR) is 107 cm³/mol. The third-order valence-electron chi connectivity index (χ3n) is 4.33. The molecule has 3 aromatic rings. The van der Waals surface area contributed by atoms with Crippen molar-refractivity contribution in [2.24, 2.45) is 0 Å². The Labute approximate surface area is 174 Å². The largest absolute Gasteiger partial charge is 0.478 e. The predicted octanol–water partition coefficient (Wildman–Crippen LogP) is 6.29. The minimum Gasteiger partial charge on any atom is -0.478 e. The Kier molecular flexibility index (Phi) is 6.31. The van der Waals surface area contributed by atoms with Crippen molar-refractivity contribution in [3.63, 3.8) is 0 Å². The van der Waals surface area contributed by atoms with Crippen molar-refractivity contribution >= 4 is 23.6 Å². The highest BCUT2D eigenvalue weighted by atomic mass is 32.2. The fourth-order valence-corrected chi connectivity index (χ4v) is 3.70. The third-order valence-corrected chi connectivity index (χ3v) is 5.25. The quantitative estimate of drug-likeness (QED) is 0.351. The van der Waals surface area contributed by atoms with Gasteiger partial charge in [0.15, 0.2) is 0 Å². The summed E-state index contributed by atoms with van der Waals surface area (Å²) < 4.78 is 56.7. The van der Waals surface area contributed by atoms with Crippen molar-refractivity contribution in [1.29, 1.82) is 0 Å². The second-order valence-electron chi connectivity index (χ2n) is 6.28. The van der Waals surface area contributed by atoms with Crippen LogP contribution in [-0.2, 0) is 12.6 Å². The lowest BCUT2D eigenvalue weighted by Crippen LogP contribution is -2.06. The molecular weight excluding hydrogens is 420 g/mol.